The number of hydrogen-bond acceptors (Lipinski definition) is 3. The molecule has 94 valence electrons. The maximum atomic E-state index is 12.3. The Labute approximate surface area is 114 Å². The lowest BCUT2D eigenvalue weighted by Crippen LogP contribution is -2.22. The molecule has 3 rings (SSSR count). The van der Waals surface area contributed by atoms with Crippen molar-refractivity contribution in [2.75, 3.05) is 0 Å². The number of halogens is 1. The zero-order chi connectivity index (χ0) is 13.6. The molecule has 0 fully saturated rings. The summed E-state index contributed by atoms with van der Waals surface area (Å²) in [6.07, 6.45) is 0. The summed E-state index contributed by atoms with van der Waals surface area (Å²) < 4.78 is 11.3. The predicted octanol–water partition coefficient (Wildman–Crippen LogP) is 2.80. The van der Waals surface area contributed by atoms with Crippen molar-refractivity contribution in [2.45, 2.75) is 0 Å². The van der Waals surface area contributed by atoms with Gasteiger partial charge in [0.25, 0.3) is 0 Å². The molecule has 0 N–H and O–H groups in total. The van der Waals surface area contributed by atoms with Crippen LogP contribution in [-0.2, 0) is 4.57 Å². The van der Waals surface area contributed by atoms with Crippen molar-refractivity contribution in [3.8, 4) is 0 Å². The Morgan fingerprint density at radius 2 is 1.32 bits per heavy atom. The molecule has 2 aromatic carbocycles. The van der Waals surface area contributed by atoms with Crippen LogP contribution in [0.4, 0.5) is 0 Å². The summed E-state index contributed by atoms with van der Waals surface area (Å²) in [5, 5.41) is 0.394. The van der Waals surface area contributed by atoms with Gasteiger partial charge in [-0.2, -0.15) is 0 Å². The van der Waals surface area contributed by atoms with Crippen LogP contribution in [0.15, 0.2) is 42.5 Å². The number of ketones is 2. The van der Waals surface area contributed by atoms with E-state index in [-0.39, 0.29) is 17.1 Å². The van der Waals surface area contributed by atoms with Crippen LogP contribution in [0.3, 0.4) is 0 Å². The van der Waals surface area contributed by atoms with Gasteiger partial charge in [-0.25, -0.2) is 0 Å². The first-order valence-electron chi connectivity index (χ1n) is 5.62. The maximum absolute atomic E-state index is 12.3. The fourth-order valence-corrected chi connectivity index (χ4v) is 3.05. The van der Waals surface area contributed by atoms with Gasteiger partial charge in [0.1, 0.15) is 0 Å². The van der Waals surface area contributed by atoms with Gasteiger partial charge in [0, 0.05) is 27.6 Å². The Hall–Kier alpha value is -1.70. The van der Waals surface area contributed by atoms with Gasteiger partial charge < -0.3 is 4.57 Å². The van der Waals surface area contributed by atoms with Crippen molar-refractivity contribution in [3.63, 3.8) is 0 Å². The van der Waals surface area contributed by atoms with Gasteiger partial charge in [0.15, 0.2) is 18.7 Å². The summed E-state index contributed by atoms with van der Waals surface area (Å²) in [5.74, 6) is -0.419. The molecular formula is C14H8ClO3P. The highest BCUT2D eigenvalue weighted by Gasteiger charge is 2.29. The van der Waals surface area contributed by atoms with Crippen LogP contribution in [0.1, 0.15) is 31.8 Å². The lowest BCUT2D eigenvalue weighted by Gasteiger charge is -2.17. The average molecular weight is 291 g/mol. The summed E-state index contributed by atoms with van der Waals surface area (Å²) >= 11 is 5.58. The third kappa shape index (κ3) is 1.86. The quantitative estimate of drug-likeness (QED) is 0.648. The second kappa shape index (κ2) is 4.44. The molecule has 5 heteroatoms. The Balaban J connectivity index is 2.27. The van der Waals surface area contributed by atoms with E-state index in [0.717, 1.165) is 0 Å². The minimum absolute atomic E-state index is 0.189. The highest BCUT2D eigenvalue weighted by Crippen LogP contribution is 2.30. The van der Waals surface area contributed by atoms with Gasteiger partial charge >= 0.3 is 0 Å². The third-order valence-corrected chi connectivity index (χ3v) is 4.57. The summed E-state index contributed by atoms with van der Waals surface area (Å²) in [5.41, 5.74) is 1.41. The van der Waals surface area contributed by atoms with Crippen molar-refractivity contribution in [3.05, 3.63) is 64.7 Å². The van der Waals surface area contributed by atoms with Crippen LogP contribution in [0.25, 0.3) is 0 Å². The fraction of sp³-hybridized carbons (Fsp3) is 0. The molecule has 0 spiro atoms. The van der Waals surface area contributed by atoms with E-state index in [0.29, 0.717) is 22.0 Å². The number of benzene rings is 2. The minimum atomic E-state index is -2.40. The molecule has 0 aromatic heterocycles. The van der Waals surface area contributed by atoms with Gasteiger partial charge in [-0.15, -0.1) is 0 Å². The molecule has 1 atom stereocenters. The number of rotatable bonds is 1. The molecule has 19 heavy (non-hydrogen) atoms. The molecule has 0 saturated heterocycles. The second-order valence-corrected chi connectivity index (χ2v) is 6.39. The zero-order valence-corrected chi connectivity index (χ0v) is 11.4. The van der Waals surface area contributed by atoms with Gasteiger partial charge in [-0.1, -0.05) is 35.5 Å². The summed E-state index contributed by atoms with van der Waals surface area (Å²) in [4.78, 5) is 24.6. The largest absolute Gasteiger partial charge is 0.305 e. The lowest BCUT2D eigenvalue weighted by atomic mass is 9.84. The first-order chi connectivity index (χ1) is 9.09. The van der Waals surface area contributed by atoms with Crippen LogP contribution in [0.5, 0.6) is 0 Å². The zero-order valence-electron chi connectivity index (χ0n) is 9.64. The van der Waals surface area contributed by atoms with Gasteiger partial charge in [0.2, 0.25) is 0 Å². The van der Waals surface area contributed by atoms with Crippen molar-refractivity contribution >= 4 is 35.3 Å². The molecule has 0 radical (unpaired) electrons. The highest BCUT2D eigenvalue weighted by atomic mass is 35.7. The van der Waals surface area contributed by atoms with Crippen LogP contribution in [0.2, 0.25) is 0 Å². The second-order valence-electron chi connectivity index (χ2n) is 4.24. The van der Waals surface area contributed by atoms with Crippen molar-refractivity contribution in [2.24, 2.45) is 0 Å². The predicted molar refractivity (Wildman–Crippen MR) is 74.2 cm³/mol. The van der Waals surface area contributed by atoms with E-state index in [1.54, 1.807) is 24.3 Å². The average Bonchev–Trinajstić information content (AvgIpc) is 2.44. The minimum Gasteiger partial charge on any atom is -0.305 e. The molecular weight excluding hydrogens is 283 g/mol. The molecule has 0 aliphatic heterocycles. The number of hydrogen-bond donors (Lipinski definition) is 0. The van der Waals surface area contributed by atoms with Crippen LogP contribution in [0, 0.1) is 0 Å². The van der Waals surface area contributed by atoms with E-state index in [1.165, 1.54) is 18.2 Å². The van der Waals surface area contributed by atoms with Gasteiger partial charge in [0.05, 0.1) is 0 Å². The first kappa shape index (κ1) is 12.3. The van der Waals surface area contributed by atoms with Crippen LogP contribution in [-0.4, -0.2) is 11.6 Å². The van der Waals surface area contributed by atoms with Crippen LogP contribution >= 0.6 is 18.4 Å². The van der Waals surface area contributed by atoms with Crippen molar-refractivity contribution in [1.82, 2.24) is 0 Å². The normalized spacial score (nSPS) is 14.8. The van der Waals surface area contributed by atoms with Gasteiger partial charge in [-0.05, 0) is 18.2 Å². The molecule has 1 aliphatic rings. The SMILES string of the molecule is O=C1c2ccccc2C(=O)c2cc([PH](=O)Cl)ccc21. The standard InChI is InChI=1S/C14H8ClO3P/c15-19(18)8-5-6-11-12(7-8)14(17)10-4-2-1-3-9(10)13(11)16/h1-7,19H. The number of carbonyl (C=O) groups excluding carboxylic acids is 2. The Morgan fingerprint density at radius 3 is 1.89 bits per heavy atom. The molecule has 0 saturated carbocycles. The van der Waals surface area contributed by atoms with E-state index in [4.69, 9.17) is 11.2 Å². The molecule has 0 heterocycles. The van der Waals surface area contributed by atoms with E-state index in [9.17, 15) is 14.2 Å². The molecule has 3 nitrogen and oxygen atoms in total. The summed E-state index contributed by atoms with van der Waals surface area (Å²) in [6, 6.07) is 11.2. The van der Waals surface area contributed by atoms with Gasteiger partial charge in [-0.3, -0.25) is 9.59 Å². The summed E-state index contributed by atoms with van der Waals surface area (Å²) in [7, 11) is -2.40. The van der Waals surface area contributed by atoms with Crippen molar-refractivity contribution < 1.29 is 14.2 Å². The Morgan fingerprint density at radius 1 is 0.789 bits per heavy atom. The molecule has 0 amide bonds. The molecule has 1 aliphatic carbocycles. The fourth-order valence-electron chi connectivity index (χ4n) is 2.22. The first-order valence-corrected chi connectivity index (χ1v) is 8.04. The number of carbonyl (C=O) groups is 2. The molecule has 1 unspecified atom stereocenters. The maximum Gasteiger partial charge on any atom is 0.194 e. The number of fused-ring (bicyclic) bond motifs is 2. The lowest BCUT2D eigenvalue weighted by molar-refractivity contribution is 0.0979. The monoisotopic (exact) mass is 290 g/mol. The smallest absolute Gasteiger partial charge is 0.194 e. The third-order valence-electron chi connectivity index (χ3n) is 3.15. The molecule has 0 bridgehead atoms. The Kier molecular flexibility index (Phi) is 2.89. The summed E-state index contributed by atoms with van der Waals surface area (Å²) in [6.45, 7) is 0. The van der Waals surface area contributed by atoms with Crippen LogP contribution < -0.4 is 5.30 Å². The van der Waals surface area contributed by atoms with Crippen molar-refractivity contribution in [1.29, 1.82) is 0 Å². The highest BCUT2D eigenvalue weighted by molar-refractivity contribution is 7.80. The van der Waals surface area contributed by atoms with E-state index in [2.05, 4.69) is 0 Å². The Bertz CT molecular complexity index is 752. The molecule has 2 aromatic rings. The topological polar surface area (TPSA) is 51.2 Å². The van der Waals surface area contributed by atoms with E-state index in [1.807, 2.05) is 0 Å². The van der Waals surface area contributed by atoms with E-state index < -0.39 is 7.15 Å². The van der Waals surface area contributed by atoms with E-state index >= 15 is 0 Å².